The predicted octanol–water partition coefficient (Wildman–Crippen LogP) is 20.9. The highest BCUT2D eigenvalue weighted by Crippen LogP contribution is 2.17. The van der Waals surface area contributed by atoms with Crippen molar-refractivity contribution in [1.82, 2.24) is 0 Å². The van der Waals surface area contributed by atoms with Crippen molar-refractivity contribution >= 4 is 17.9 Å². The average Bonchev–Trinajstić information content (AvgIpc) is 3.39. The van der Waals surface area contributed by atoms with Gasteiger partial charge in [0, 0.05) is 19.3 Å². The minimum Gasteiger partial charge on any atom is -0.462 e. The molecule has 1 unspecified atom stereocenters. The fraction of sp³-hybridized carbons (Fsp3) is 0.716. The monoisotopic (exact) mass is 1010 g/mol. The zero-order valence-corrected chi connectivity index (χ0v) is 47.9. The number of carbonyl (C=O) groups excluding carboxylic acids is 3. The van der Waals surface area contributed by atoms with E-state index in [4.69, 9.17) is 14.2 Å². The Kier molecular flexibility index (Phi) is 57.8. The summed E-state index contributed by atoms with van der Waals surface area (Å²) in [5.74, 6) is -0.973. The van der Waals surface area contributed by atoms with Crippen LogP contribution < -0.4 is 0 Å². The molecule has 0 rings (SSSR count). The van der Waals surface area contributed by atoms with E-state index in [0.717, 1.165) is 116 Å². The van der Waals surface area contributed by atoms with Crippen molar-refractivity contribution in [1.29, 1.82) is 0 Å². The highest BCUT2D eigenvalue weighted by atomic mass is 16.6. The van der Waals surface area contributed by atoms with Crippen LogP contribution >= 0.6 is 0 Å². The van der Waals surface area contributed by atoms with Crippen LogP contribution in [0, 0.1) is 0 Å². The van der Waals surface area contributed by atoms with Crippen LogP contribution in [0.15, 0.2) is 97.2 Å². The van der Waals surface area contributed by atoms with Crippen LogP contribution in [0.4, 0.5) is 0 Å². The minimum atomic E-state index is -0.815. The Balaban J connectivity index is 4.40. The lowest BCUT2D eigenvalue weighted by Crippen LogP contribution is -2.30. The van der Waals surface area contributed by atoms with Gasteiger partial charge in [-0.05, 0) is 89.9 Å². The zero-order valence-electron chi connectivity index (χ0n) is 47.9. The SMILES string of the molecule is CC/C=C\C/C=C\C/C=C\C/C=C\C/C=C\CCCC(=O)OC(COC(=O)CCCCCCC/C=C\C/C=C\C/C=C\CC)COC(=O)CCCCCCCCCCCCCCCCCCCCCCCCC. The first kappa shape index (κ1) is 69.3. The topological polar surface area (TPSA) is 78.9 Å². The molecule has 418 valence electrons. The summed E-state index contributed by atoms with van der Waals surface area (Å²) in [7, 11) is 0. The molecule has 0 radical (unpaired) electrons. The number of esters is 3. The number of carbonyl (C=O) groups is 3. The van der Waals surface area contributed by atoms with Gasteiger partial charge in [0.05, 0.1) is 0 Å². The third-order valence-electron chi connectivity index (χ3n) is 13.1. The molecule has 0 aliphatic carbocycles. The first-order valence-electron chi connectivity index (χ1n) is 30.7. The quantitative estimate of drug-likeness (QED) is 0.0261. The first-order chi connectivity index (χ1) is 36.0. The first-order valence-corrected chi connectivity index (χ1v) is 30.7. The largest absolute Gasteiger partial charge is 0.462 e. The molecule has 0 saturated carbocycles. The highest BCUT2D eigenvalue weighted by Gasteiger charge is 2.19. The zero-order chi connectivity index (χ0) is 52.9. The molecule has 0 heterocycles. The van der Waals surface area contributed by atoms with Crippen molar-refractivity contribution in [3.63, 3.8) is 0 Å². The fourth-order valence-electron chi connectivity index (χ4n) is 8.55. The summed E-state index contributed by atoms with van der Waals surface area (Å²) in [5, 5.41) is 0. The van der Waals surface area contributed by atoms with Gasteiger partial charge < -0.3 is 14.2 Å². The van der Waals surface area contributed by atoms with Crippen molar-refractivity contribution < 1.29 is 28.6 Å². The molecular weight excluding hydrogens is 901 g/mol. The summed E-state index contributed by atoms with van der Waals surface area (Å²) in [6, 6.07) is 0. The van der Waals surface area contributed by atoms with Gasteiger partial charge in [-0.2, -0.15) is 0 Å². The lowest BCUT2D eigenvalue weighted by molar-refractivity contribution is -0.167. The number of ether oxygens (including phenoxy) is 3. The number of hydrogen-bond acceptors (Lipinski definition) is 6. The molecule has 6 heteroatoms. The molecule has 0 amide bonds. The molecule has 1 atom stereocenters. The average molecular weight is 1020 g/mol. The van der Waals surface area contributed by atoms with E-state index in [-0.39, 0.29) is 37.5 Å². The van der Waals surface area contributed by atoms with Crippen LogP contribution in [0.1, 0.15) is 290 Å². The number of allylic oxidation sites excluding steroid dienone is 16. The van der Waals surface area contributed by atoms with Crippen molar-refractivity contribution in [2.45, 2.75) is 297 Å². The van der Waals surface area contributed by atoms with Crippen LogP contribution in [-0.4, -0.2) is 37.2 Å². The molecule has 0 spiro atoms. The van der Waals surface area contributed by atoms with Gasteiger partial charge in [0.1, 0.15) is 13.2 Å². The molecule has 73 heavy (non-hydrogen) atoms. The van der Waals surface area contributed by atoms with Gasteiger partial charge in [-0.3, -0.25) is 14.4 Å². The molecule has 0 aliphatic rings. The van der Waals surface area contributed by atoms with E-state index in [1.54, 1.807) is 0 Å². The second kappa shape index (κ2) is 60.9. The van der Waals surface area contributed by atoms with Crippen LogP contribution in [0.2, 0.25) is 0 Å². The summed E-state index contributed by atoms with van der Waals surface area (Å²) < 4.78 is 16.8. The van der Waals surface area contributed by atoms with Crippen molar-refractivity contribution in [3.05, 3.63) is 97.2 Å². The molecular formula is C67H114O6. The molecule has 0 aliphatic heterocycles. The number of hydrogen-bond donors (Lipinski definition) is 0. The van der Waals surface area contributed by atoms with Gasteiger partial charge in [-0.25, -0.2) is 0 Å². The third-order valence-corrected chi connectivity index (χ3v) is 13.1. The Morgan fingerprint density at radius 3 is 0.877 bits per heavy atom. The van der Waals surface area contributed by atoms with Gasteiger partial charge in [0.2, 0.25) is 0 Å². The van der Waals surface area contributed by atoms with Gasteiger partial charge in [-0.15, -0.1) is 0 Å². The summed E-state index contributed by atoms with van der Waals surface area (Å²) in [6.45, 7) is 6.38. The normalized spacial score (nSPS) is 12.8. The Hall–Kier alpha value is -3.67. The molecule has 0 bridgehead atoms. The van der Waals surface area contributed by atoms with Crippen LogP contribution in [-0.2, 0) is 28.6 Å². The van der Waals surface area contributed by atoms with E-state index < -0.39 is 6.10 Å². The van der Waals surface area contributed by atoms with Crippen LogP contribution in [0.5, 0.6) is 0 Å². The fourth-order valence-corrected chi connectivity index (χ4v) is 8.55. The summed E-state index contributed by atoms with van der Waals surface area (Å²) in [6.07, 6.45) is 81.4. The standard InChI is InChI=1S/C67H114O6/c1-4-7-10-13-16-19-22-25-28-30-31-32-33-34-35-37-39-42-45-48-51-54-57-60-66(69)72-63-64(62-71-65(68)59-56-53-50-47-44-41-38-27-24-21-18-15-12-9-6-3)73-67(70)61-58-55-52-49-46-43-40-36-29-26-23-20-17-14-11-8-5-2/h8-9,11-12,17-18,20-21,26-27,29,38,40,43,49,52,64H,4-7,10,13-16,19,22-25,28,30-37,39,41-42,44-48,50-51,53-63H2,1-3H3/b11-8-,12-9-,20-17-,21-18-,29-26-,38-27-,43-40-,52-49-. The Labute approximate surface area is 451 Å². The maximum Gasteiger partial charge on any atom is 0.306 e. The Morgan fingerprint density at radius 2 is 0.548 bits per heavy atom. The predicted molar refractivity (Wildman–Crippen MR) is 316 cm³/mol. The Bertz CT molecular complexity index is 1440. The Morgan fingerprint density at radius 1 is 0.288 bits per heavy atom. The molecule has 0 saturated heterocycles. The van der Waals surface area contributed by atoms with Crippen molar-refractivity contribution in [2.75, 3.05) is 13.2 Å². The number of rotatable bonds is 55. The van der Waals surface area contributed by atoms with Crippen LogP contribution in [0.25, 0.3) is 0 Å². The van der Waals surface area contributed by atoms with Gasteiger partial charge in [0.15, 0.2) is 6.10 Å². The third kappa shape index (κ3) is 59.1. The molecule has 6 nitrogen and oxygen atoms in total. The van der Waals surface area contributed by atoms with E-state index in [1.807, 2.05) is 0 Å². The minimum absolute atomic E-state index is 0.104. The lowest BCUT2D eigenvalue weighted by Gasteiger charge is -2.18. The van der Waals surface area contributed by atoms with Crippen molar-refractivity contribution in [2.24, 2.45) is 0 Å². The maximum absolute atomic E-state index is 12.9. The highest BCUT2D eigenvalue weighted by molar-refractivity contribution is 5.71. The van der Waals surface area contributed by atoms with E-state index in [1.165, 1.54) is 128 Å². The van der Waals surface area contributed by atoms with Gasteiger partial charge >= 0.3 is 17.9 Å². The van der Waals surface area contributed by atoms with Crippen LogP contribution in [0.3, 0.4) is 0 Å². The molecule has 0 N–H and O–H groups in total. The second-order valence-corrected chi connectivity index (χ2v) is 20.2. The van der Waals surface area contributed by atoms with E-state index in [0.29, 0.717) is 19.3 Å². The van der Waals surface area contributed by atoms with Gasteiger partial charge in [0.25, 0.3) is 0 Å². The van der Waals surface area contributed by atoms with E-state index in [2.05, 4.69) is 118 Å². The maximum atomic E-state index is 12.9. The summed E-state index contributed by atoms with van der Waals surface area (Å²) >= 11 is 0. The second-order valence-electron chi connectivity index (χ2n) is 20.2. The summed E-state index contributed by atoms with van der Waals surface area (Å²) in [5.41, 5.74) is 0. The molecule has 0 fully saturated rings. The van der Waals surface area contributed by atoms with Gasteiger partial charge in [-0.1, -0.05) is 279 Å². The smallest absolute Gasteiger partial charge is 0.306 e. The molecule has 0 aromatic rings. The lowest BCUT2D eigenvalue weighted by atomic mass is 10.0. The molecule has 0 aromatic heterocycles. The molecule has 0 aromatic carbocycles. The van der Waals surface area contributed by atoms with Crippen molar-refractivity contribution in [3.8, 4) is 0 Å². The number of unbranched alkanes of at least 4 members (excludes halogenated alkanes) is 28. The van der Waals surface area contributed by atoms with E-state index >= 15 is 0 Å². The summed E-state index contributed by atoms with van der Waals surface area (Å²) in [4.78, 5) is 38.2. The van der Waals surface area contributed by atoms with E-state index in [9.17, 15) is 14.4 Å².